The number of halogens is 3. The zero-order valence-corrected chi connectivity index (χ0v) is 7.49. The lowest BCUT2D eigenvalue weighted by Gasteiger charge is -2.14. The van der Waals surface area contributed by atoms with Gasteiger partial charge in [-0.15, -0.1) is 5.10 Å². The first-order valence-electron chi connectivity index (χ1n) is 4.10. The maximum atomic E-state index is 12.1. The highest BCUT2D eigenvalue weighted by atomic mass is 19.4. The van der Waals surface area contributed by atoms with E-state index in [0.717, 1.165) is 10.9 Å². The first-order chi connectivity index (χ1) is 6.46. The Morgan fingerprint density at radius 2 is 2.21 bits per heavy atom. The van der Waals surface area contributed by atoms with Crippen LogP contribution >= 0.6 is 0 Å². The fraction of sp³-hybridized carbons (Fsp3) is 0.714. The monoisotopic (exact) mass is 209 g/mol. The second-order valence-corrected chi connectivity index (χ2v) is 2.83. The maximum absolute atomic E-state index is 12.1. The predicted octanol–water partition coefficient (Wildman–Crippen LogP) is 1.28. The number of nitrogens with zero attached hydrogens (tertiary/aromatic N) is 3. The fourth-order valence-corrected chi connectivity index (χ4v) is 1.03. The van der Waals surface area contributed by atoms with Crippen LogP contribution in [0, 0.1) is 0 Å². The van der Waals surface area contributed by atoms with Gasteiger partial charge < -0.3 is 5.11 Å². The van der Waals surface area contributed by atoms with Crippen molar-refractivity contribution >= 4 is 0 Å². The average molecular weight is 209 g/mol. The van der Waals surface area contributed by atoms with E-state index >= 15 is 0 Å². The van der Waals surface area contributed by atoms with Crippen LogP contribution in [0.1, 0.15) is 25.1 Å². The number of aliphatic hydroxyl groups excluding tert-OH is 1. The van der Waals surface area contributed by atoms with Crippen LogP contribution in [-0.2, 0) is 6.54 Å². The third kappa shape index (κ3) is 2.22. The van der Waals surface area contributed by atoms with Crippen LogP contribution in [0.25, 0.3) is 0 Å². The van der Waals surface area contributed by atoms with Gasteiger partial charge in [0.1, 0.15) is 0 Å². The van der Waals surface area contributed by atoms with Gasteiger partial charge in [-0.1, -0.05) is 12.1 Å². The molecule has 1 rings (SSSR count). The molecule has 1 aromatic heterocycles. The summed E-state index contributed by atoms with van der Waals surface area (Å²) in [7, 11) is 0. The molecule has 1 aromatic rings. The molecule has 14 heavy (non-hydrogen) atoms. The van der Waals surface area contributed by atoms with E-state index in [4.69, 9.17) is 5.11 Å². The molecule has 0 saturated heterocycles. The second kappa shape index (κ2) is 3.95. The van der Waals surface area contributed by atoms with Gasteiger partial charge >= 0.3 is 6.18 Å². The SMILES string of the molecule is CCCn1nncc1[C@H](O)C(F)(F)F. The minimum atomic E-state index is -4.67. The number of aromatic nitrogens is 3. The summed E-state index contributed by atoms with van der Waals surface area (Å²) in [5, 5.41) is 15.7. The van der Waals surface area contributed by atoms with E-state index in [2.05, 4.69) is 10.3 Å². The van der Waals surface area contributed by atoms with Gasteiger partial charge in [0.05, 0.1) is 11.9 Å². The molecule has 0 saturated carbocycles. The topological polar surface area (TPSA) is 50.9 Å². The molecule has 0 aliphatic carbocycles. The zero-order valence-electron chi connectivity index (χ0n) is 7.49. The lowest BCUT2D eigenvalue weighted by molar-refractivity contribution is -0.208. The molecule has 0 unspecified atom stereocenters. The van der Waals surface area contributed by atoms with Crippen molar-refractivity contribution in [1.82, 2.24) is 15.0 Å². The molecule has 1 N–H and O–H groups in total. The summed E-state index contributed by atoms with van der Waals surface area (Å²) in [5.41, 5.74) is -0.320. The van der Waals surface area contributed by atoms with Gasteiger partial charge in [0, 0.05) is 6.54 Å². The largest absolute Gasteiger partial charge is 0.420 e. The minimum absolute atomic E-state index is 0.308. The summed E-state index contributed by atoms with van der Waals surface area (Å²) in [6.45, 7) is 2.11. The molecule has 1 atom stereocenters. The van der Waals surface area contributed by atoms with Crippen molar-refractivity contribution in [2.24, 2.45) is 0 Å². The molecule has 0 fully saturated rings. The number of hydrogen-bond acceptors (Lipinski definition) is 3. The summed E-state index contributed by atoms with van der Waals surface area (Å²) in [6.07, 6.45) is -5.63. The van der Waals surface area contributed by atoms with Gasteiger partial charge in [0.25, 0.3) is 0 Å². The van der Waals surface area contributed by atoms with Crippen LogP contribution in [-0.4, -0.2) is 26.3 Å². The smallest absolute Gasteiger partial charge is 0.378 e. The molecular weight excluding hydrogens is 199 g/mol. The molecule has 0 aromatic carbocycles. The Hall–Kier alpha value is -1.11. The number of aliphatic hydroxyl groups is 1. The van der Waals surface area contributed by atoms with Crippen LogP contribution < -0.4 is 0 Å². The first kappa shape index (κ1) is 11.0. The molecule has 7 heteroatoms. The molecule has 4 nitrogen and oxygen atoms in total. The first-order valence-corrected chi connectivity index (χ1v) is 4.10. The highest BCUT2D eigenvalue weighted by Crippen LogP contribution is 2.31. The van der Waals surface area contributed by atoms with Gasteiger partial charge in [-0.05, 0) is 6.42 Å². The summed E-state index contributed by atoms with van der Waals surface area (Å²) < 4.78 is 37.4. The van der Waals surface area contributed by atoms with Crippen molar-refractivity contribution in [2.75, 3.05) is 0 Å². The quantitative estimate of drug-likeness (QED) is 0.815. The fourth-order valence-electron chi connectivity index (χ4n) is 1.03. The minimum Gasteiger partial charge on any atom is -0.378 e. The van der Waals surface area contributed by atoms with Crippen molar-refractivity contribution in [3.8, 4) is 0 Å². The molecule has 0 aliphatic heterocycles. The molecule has 0 radical (unpaired) electrons. The number of hydrogen-bond donors (Lipinski definition) is 1. The van der Waals surface area contributed by atoms with E-state index in [1.165, 1.54) is 0 Å². The summed E-state index contributed by atoms with van der Waals surface area (Å²) in [5.74, 6) is 0. The number of rotatable bonds is 3. The zero-order chi connectivity index (χ0) is 10.8. The maximum Gasteiger partial charge on any atom is 0.420 e. The number of aryl methyl sites for hydroxylation is 1. The Bertz CT molecular complexity index is 297. The van der Waals surface area contributed by atoms with Gasteiger partial charge in [-0.3, -0.25) is 0 Å². The van der Waals surface area contributed by atoms with E-state index < -0.39 is 12.3 Å². The summed E-state index contributed by atoms with van der Waals surface area (Å²) in [4.78, 5) is 0. The highest BCUT2D eigenvalue weighted by Gasteiger charge is 2.41. The van der Waals surface area contributed by atoms with Gasteiger partial charge in [0.2, 0.25) is 0 Å². The van der Waals surface area contributed by atoms with E-state index in [1.807, 2.05) is 0 Å². The van der Waals surface area contributed by atoms with E-state index in [1.54, 1.807) is 6.92 Å². The lowest BCUT2D eigenvalue weighted by Crippen LogP contribution is -2.23. The normalized spacial score (nSPS) is 14.4. The molecule has 80 valence electrons. The third-order valence-electron chi connectivity index (χ3n) is 1.67. The average Bonchev–Trinajstić information content (AvgIpc) is 2.50. The predicted molar refractivity (Wildman–Crippen MR) is 41.3 cm³/mol. The van der Waals surface area contributed by atoms with Crippen molar-refractivity contribution in [3.05, 3.63) is 11.9 Å². The molecule has 0 spiro atoms. The Labute approximate surface area is 78.3 Å². The van der Waals surface area contributed by atoms with E-state index in [9.17, 15) is 13.2 Å². The van der Waals surface area contributed by atoms with Crippen molar-refractivity contribution in [3.63, 3.8) is 0 Å². The Morgan fingerprint density at radius 3 is 2.71 bits per heavy atom. The Morgan fingerprint density at radius 1 is 1.57 bits per heavy atom. The standard InChI is InChI=1S/C7H10F3N3O/c1-2-3-13-5(4-11-12-13)6(14)7(8,9)10/h4,6,14H,2-3H2,1H3/t6-/m0/s1. The Kier molecular flexibility index (Phi) is 3.10. The molecule has 1 heterocycles. The van der Waals surface area contributed by atoms with Crippen LogP contribution in [0.3, 0.4) is 0 Å². The summed E-state index contributed by atoms with van der Waals surface area (Å²) >= 11 is 0. The van der Waals surface area contributed by atoms with Crippen LogP contribution in [0.5, 0.6) is 0 Å². The van der Waals surface area contributed by atoms with Gasteiger partial charge in [-0.2, -0.15) is 13.2 Å². The highest BCUT2D eigenvalue weighted by molar-refractivity contribution is 5.01. The van der Waals surface area contributed by atoms with Gasteiger partial charge in [0.15, 0.2) is 6.10 Å². The Balaban J connectivity index is 2.89. The second-order valence-electron chi connectivity index (χ2n) is 2.83. The molecule has 0 amide bonds. The third-order valence-corrected chi connectivity index (χ3v) is 1.67. The van der Waals surface area contributed by atoms with Crippen LogP contribution in [0.4, 0.5) is 13.2 Å². The van der Waals surface area contributed by atoms with Crippen molar-refractivity contribution in [1.29, 1.82) is 0 Å². The molecule has 0 aliphatic rings. The number of alkyl halides is 3. The lowest BCUT2D eigenvalue weighted by atomic mass is 10.2. The van der Waals surface area contributed by atoms with Crippen molar-refractivity contribution < 1.29 is 18.3 Å². The summed E-state index contributed by atoms with van der Waals surface area (Å²) in [6, 6.07) is 0. The van der Waals surface area contributed by atoms with Gasteiger partial charge in [-0.25, -0.2) is 4.68 Å². The van der Waals surface area contributed by atoms with Crippen molar-refractivity contribution in [2.45, 2.75) is 32.2 Å². The molecule has 0 bridgehead atoms. The van der Waals surface area contributed by atoms with E-state index in [-0.39, 0.29) is 5.69 Å². The van der Waals surface area contributed by atoms with Crippen LogP contribution in [0.2, 0.25) is 0 Å². The molecular formula is C7H10F3N3O. The van der Waals surface area contributed by atoms with Crippen LogP contribution in [0.15, 0.2) is 6.20 Å². The van der Waals surface area contributed by atoms with E-state index in [0.29, 0.717) is 13.0 Å².